The molecule has 0 spiro atoms. The quantitative estimate of drug-likeness (QED) is 0.466. The van der Waals surface area contributed by atoms with E-state index in [1.807, 2.05) is 0 Å². The van der Waals surface area contributed by atoms with Crippen molar-refractivity contribution in [2.45, 2.75) is 11.0 Å². The van der Waals surface area contributed by atoms with Crippen LogP contribution in [0.1, 0.15) is 0 Å². The van der Waals surface area contributed by atoms with Gasteiger partial charge in [-0.25, -0.2) is 0 Å². The molecule has 0 aromatic heterocycles. The van der Waals surface area contributed by atoms with Gasteiger partial charge in [0.1, 0.15) is 6.10 Å². The average Bonchev–Trinajstić information content (AvgIpc) is 3.10. The highest BCUT2D eigenvalue weighted by atomic mass is 32.2. The Morgan fingerprint density at radius 2 is 2.29 bits per heavy atom. The van der Waals surface area contributed by atoms with E-state index in [1.165, 1.54) is 18.2 Å². The highest BCUT2D eigenvalue weighted by Gasteiger charge is 2.26. The number of benzene rings is 1. The van der Waals surface area contributed by atoms with Crippen LogP contribution in [0.25, 0.3) is 0 Å². The highest BCUT2D eigenvalue weighted by Crippen LogP contribution is 2.20. The highest BCUT2D eigenvalue weighted by molar-refractivity contribution is 7.86. The molecule has 1 aliphatic rings. The SMILES string of the molecule is O=S(=O)(OCC1CO1)c1cccc(N([O-])O)c1. The zero-order valence-electron chi connectivity index (χ0n) is 8.64. The predicted octanol–water partition coefficient (Wildman–Crippen LogP) is 0.484. The molecule has 1 N–H and O–H groups in total. The van der Waals surface area contributed by atoms with Crippen LogP contribution in [0.4, 0.5) is 5.69 Å². The van der Waals surface area contributed by atoms with Crippen LogP contribution in [0.15, 0.2) is 29.2 Å². The normalized spacial score (nSPS) is 19.1. The van der Waals surface area contributed by atoms with E-state index in [-0.39, 0.29) is 23.3 Å². The smallest absolute Gasteiger partial charge is 0.297 e. The van der Waals surface area contributed by atoms with Crippen molar-refractivity contribution < 1.29 is 22.5 Å². The number of rotatable bonds is 5. The van der Waals surface area contributed by atoms with E-state index in [0.717, 1.165) is 6.07 Å². The van der Waals surface area contributed by atoms with E-state index in [1.54, 1.807) is 0 Å². The molecule has 0 aliphatic carbocycles. The van der Waals surface area contributed by atoms with Crippen molar-refractivity contribution in [2.75, 3.05) is 18.4 Å². The van der Waals surface area contributed by atoms with E-state index in [4.69, 9.17) is 14.1 Å². The molecule has 0 radical (unpaired) electrons. The Labute approximate surface area is 97.8 Å². The summed E-state index contributed by atoms with van der Waals surface area (Å²) >= 11 is 0. The molecule has 8 heteroatoms. The molecule has 94 valence electrons. The molecule has 1 unspecified atom stereocenters. The second-order valence-electron chi connectivity index (χ2n) is 3.46. The van der Waals surface area contributed by atoms with E-state index >= 15 is 0 Å². The van der Waals surface area contributed by atoms with Crippen molar-refractivity contribution in [2.24, 2.45) is 0 Å². The number of epoxide rings is 1. The number of nitrogens with zero attached hydrogens (tertiary/aromatic N) is 1. The van der Waals surface area contributed by atoms with Gasteiger partial charge in [0.15, 0.2) is 0 Å². The van der Waals surface area contributed by atoms with Crippen LogP contribution in [0, 0.1) is 5.21 Å². The largest absolute Gasteiger partial charge is 0.733 e. The summed E-state index contributed by atoms with van der Waals surface area (Å²) in [6.07, 6.45) is -0.179. The van der Waals surface area contributed by atoms with Crippen molar-refractivity contribution in [3.8, 4) is 0 Å². The van der Waals surface area contributed by atoms with Gasteiger partial charge in [-0.3, -0.25) is 9.39 Å². The number of ether oxygens (including phenoxy) is 1. The van der Waals surface area contributed by atoms with E-state index in [9.17, 15) is 13.6 Å². The van der Waals surface area contributed by atoms with Gasteiger partial charge in [-0.05, 0) is 18.2 Å². The Bertz CT molecular complexity index is 496. The zero-order valence-corrected chi connectivity index (χ0v) is 9.46. The minimum absolute atomic E-state index is 0.0488. The topological polar surface area (TPSA) is 102 Å². The Morgan fingerprint density at radius 1 is 1.59 bits per heavy atom. The van der Waals surface area contributed by atoms with Crippen LogP contribution in [-0.4, -0.2) is 32.9 Å². The molecule has 0 saturated carbocycles. The molecule has 7 nitrogen and oxygen atoms in total. The lowest BCUT2D eigenvalue weighted by atomic mass is 10.3. The van der Waals surface area contributed by atoms with Gasteiger partial charge < -0.3 is 15.2 Å². The monoisotopic (exact) mass is 260 g/mol. The van der Waals surface area contributed by atoms with Gasteiger partial charge in [0, 0.05) is 0 Å². The minimum atomic E-state index is -3.93. The summed E-state index contributed by atoms with van der Waals surface area (Å²) in [5.74, 6) is 0. The number of anilines is 1. The second kappa shape index (κ2) is 4.59. The van der Waals surface area contributed by atoms with Gasteiger partial charge in [-0.1, -0.05) is 6.07 Å². The molecule has 1 aromatic carbocycles. The Morgan fingerprint density at radius 3 is 2.88 bits per heavy atom. The van der Waals surface area contributed by atoms with Crippen molar-refractivity contribution in [3.05, 3.63) is 29.5 Å². The molecule has 0 bridgehead atoms. The third-order valence-electron chi connectivity index (χ3n) is 2.14. The fourth-order valence-corrected chi connectivity index (χ4v) is 2.13. The van der Waals surface area contributed by atoms with Gasteiger partial charge in [0.25, 0.3) is 10.1 Å². The number of hydrogen-bond donors (Lipinski definition) is 1. The zero-order chi connectivity index (χ0) is 12.5. The first-order valence-corrected chi connectivity index (χ1v) is 6.17. The summed E-state index contributed by atoms with van der Waals surface area (Å²) in [5, 5.41) is 18.9. The lowest BCUT2D eigenvalue weighted by molar-refractivity contribution is 0.266. The maximum atomic E-state index is 11.7. The molecule has 1 heterocycles. The van der Waals surface area contributed by atoms with Crippen LogP contribution in [0.2, 0.25) is 0 Å². The van der Waals surface area contributed by atoms with Gasteiger partial charge in [-0.15, -0.1) is 0 Å². The summed E-state index contributed by atoms with van der Waals surface area (Å²) < 4.78 is 32.9. The first-order valence-electron chi connectivity index (χ1n) is 4.76. The third kappa shape index (κ3) is 3.14. The molecular weight excluding hydrogens is 250 g/mol. The predicted molar refractivity (Wildman–Crippen MR) is 57.0 cm³/mol. The maximum Gasteiger partial charge on any atom is 0.297 e. The first kappa shape index (κ1) is 12.3. The molecule has 2 rings (SSSR count). The summed E-state index contributed by atoms with van der Waals surface area (Å²) in [4.78, 5) is -0.189. The van der Waals surface area contributed by atoms with Gasteiger partial charge in [-0.2, -0.15) is 8.42 Å². The fourth-order valence-electron chi connectivity index (χ4n) is 1.16. The molecule has 1 fully saturated rings. The Kier molecular flexibility index (Phi) is 3.31. The van der Waals surface area contributed by atoms with Crippen molar-refractivity contribution in [1.82, 2.24) is 0 Å². The lowest BCUT2D eigenvalue weighted by Gasteiger charge is -2.21. The van der Waals surface area contributed by atoms with Crippen LogP contribution in [-0.2, 0) is 19.0 Å². The fraction of sp³-hybridized carbons (Fsp3) is 0.333. The molecule has 17 heavy (non-hydrogen) atoms. The minimum Gasteiger partial charge on any atom is -0.733 e. The second-order valence-corrected chi connectivity index (χ2v) is 5.08. The Balaban J connectivity index is 2.16. The van der Waals surface area contributed by atoms with Crippen LogP contribution in [0.5, 0.6) is 0 Å². The Hall–Kier alpha value is -1.19. The molecular formula is C9H10NO6S-. The number of hydrogen-bond acceptors (Lipinski definition) is 7. The van der Waals surface area contributed by atoms with Crippen LogP contribution >= 0.6 is 0 Å². The van der Waals surface area contributed by atoms with E-state index in [2.05, 4.69) is 0 Å². The molecule has 1 aromatic rings. The first-order chi connectivity index (χ1) is 7.99. The molecule has 1 aliphatic heterocycles. The van der Waals surface area contributed by atoms with Crippen molar-refractivity contribution >= 4 is 15.8 Å². The van der Waals surface area contributed by atoms with E-state index < -0.39 is 15.3 Å². The van der Waals surface area contributed by atoms with Crippen LogP contribution in [0.3, 0.4) is 0 Å². The van der Waals surface area contributed by atoms with Crippen molar-refractivity contribution in [3.63, 3.8) is 0 Å². The van der Waals surface area contributed by atoms with Crippen LogP contribution < -0.4 is 5.23 Å². The molecule has 1 atom stereocenters. The average molecular weight is 260 g/mol. The van der Waals surface area contributed by atoms with Gasteiger partial charge in [0.2, 0.25) is 0 Å². The lowest BCUT2D eigenvalue weighted by Crippen LogP contribution is -2.12. The molecule has 1 saturated heterocycles. The van der Waals surface area contributed by atoms with Gasteiger partial charge >= 0.3 is 0 Å². The third-order valence-corrected chi connectivity index (χ3v) is 3.42. The summed E-state index contributed by atoms with van der Waals surface area (Å²) in [6.45, 7) is 0.438. The maximum absolute atomic E-state index is 11.7. The van der Waals surface area contributed by atoms with Crippen molar-refractivity contribution in [1.29, 1.82) is 0 Å². The van der Waals surface area contributed by atoms with E-state index in [0.29, 0.717) is 6.61 Å². The standard InChI is InChI=1S/C9H10NO6S/c11-10(12)7-2-1-3-9(4-7)17(13,14)16-6-8-5-15-8/h1-4,8,11H,5-6H2/q-1. The van der Waals surface area contributed by atoms with Gasteiger partial charge in [0.05, 0.1) is 23.8 Å². The molecule has 0 amide bonds. The summed E-state index contributed by atoms with van der Waals surface area (Å²) in [7, 11) is -3.93. The summed E-state index contributed by atoms with van der Waals surface area (Å²) in [5.41, 5.74) is -0.183. The summed E-state index contributed by atoms with van der Waals surface area (Å²) in [6, 6.07) is 4.91.